The van der Waals surface area contributed by atoms with Crippen molar-refractivity contribution < 1.29 is 18.8 Å². The molecule has 0 aliphatic carbocycles. The van der Waals surface area contributed by atoms with Gasteiger partial charge in [0.05, 0.1) is 27.2 Å². The van der Waals surface area contributed by atoms with Gasteiger partial charge >= 0.3 is 0 Å². The van der Waals surface area contributed by atoms with E-state index in [2.05, 4.69) is 14.1 Å². The van der Waals surface area contributed by atoms with Crippen molar-refractivity contribution in [3.63, 3.8) is 0 Å². The topological polar surface area (TPSA) is 60.4 Å². The predicted octanol–water partition coefficient (Wildman–Crippen LogP) is 1.44. The quantitative estimate of drug-likeness (QED) is 0.476. The van der Waals surface area contributed by atoms with Crippen LogP contribution in [0.15, 0.2) is 0 Å². The van der Waals surface area contributed by atoms with Crippen LogP contribution in [-0.4, -0.2) is 48.6 Å². The van der Waals surface area contributed by atoms with Crippen molar-refractivity contribution in [3.05, 3.63) is 0 Å². The summed E-state index contributed by atoms with van der Waals surface area (Å²) in [6.07, 6.45) is 4.00. The Balaban J connectivity index is 0. The zero-order valence-corrected chi connectivity index (χ0v) is 12.4. The van der Waals surface area contributed by atoms with Crippen molar-refractivity contribution >= 4 is 31.6 Å². The molecule has 4 nitrogen and oxygen atoms in total. The fourth-order valence-corrected chi connectivity index (χ4v) is 2.33. The summed E-state index contributed by atoms with van der Waals surface area (Å²) >= 11 is 4.95. The van der Waals surface area contributed by atoms with Crippen LogP contribution in [0.1, 0.15) is 19.3 Å². The molecular weight excluding hydrogens is 272 g/mol. The lowest BCUT2D eigenvalue weighted by molar-refractivity contribution is -0.894. The second kappa shape index (κ2) is 8.73. The smallest absolute Gasteiger partial charge is 0.133 e. The van der Waals surface area contributed by atoms with Gasteiger partial charge in [-0.05, 0) is 19.3 Å². The maximum atomic E-state index is 9.73. The molecule has 1 saturated heterocycles. The molecule has 0 bridgehead atoms. The summed E-state index contributed by atoms with van der Waals surface area (Å²) in [7, 11) is 0.590. The molecule has 1 fully saturated rings. The summed E-state index contributed by atoms with van der Waals surface area (Å²) in [5, 5.41) is 0. The number of hydrogen-bond acceptors (Lipinski definition) is 2. The fraction of sp³-hybridized carbons (Fsp3) is 1.00. The van der Waals surface area contributed by atoms with Crippen molar-refractivity contribution in [2.24, 2.45) is 0 Å². The third kappa shape index (κ3) is 12.8. The molecule has 1 rings (SSSR count). The van der Waals surface area contributed by atoms with E-state index in [1.165, 1.54) is 36.8 Å². The Bertz CT molecular complexity index is 213. The molecule has 0 aromatic carbocycles. The van der Waals surface area contributed by atoms with E-state index in [0.29, 0.717) is 0 Å². The van der Waals surface area contributed by atoms with E-state index in [4.69, 9.17) is 16.5 Å². The molecule has 0 aromatic heterocycles. The largest absolute Gasteiger partial charge is 0.779 e. The van der Waals surface area contributed by atoms with Gasteiger partial charge < -0.3 is 18.8 Å². The summed E-state index contributed by atoms with van der Waals surface area (Å²) in [6.45, 7) is 2.78. The van der Waals surface area contributed by atoms with Crippen molar-refractivity contribution in [3.8, 4) is 0 Å². The first-order valence-electron chi connectivity index (χ1n) is 5.18. The average Bonchev–Trinajstić information content (AvgIpc) is 2.02. The number of rotatable bonds is 2. The van der Waals surface area contributed by atoms with Crippen molar-refractivity contribution in [1.29, 1.82) is 0 Å². The minimum absolute atomic E-state index is 0. The van der Waals surface area contributed by atoms with E-state index in [1.54, 1.807) is 0 Å². The summed E-state index contributed by atoms with van der Waals surface area (Å²) in [5.41, 5.74) is 0. The van der Waals surface area contributed by atoms with Gasteiger partial charge in [0.2, 0.25) is 0 Å². The number of alkyl halides is 1. The number of piperidine rings is 1. The summed E-state index contributed by atoms with van der Waals surface area (Å²) in [4.78, 5) is 17.7. The Morgan fingerprint density at radius 3 is 1.88 bits per heavy atom. The highest BCUT2D eigenvalue weighted by Crippen LogP contribution is 2.27. The SMILES string of the molecule is C[N+]1(C)CCCCC1.Cl.O=P([O-])(O)CCCl. The molecule has 0 aromatic rings. The molecular formula is C9H22Cl2NO3P. The van der Waals surface area contributed by atoms with Crippen LogP contribution in [0.4, 0.5) is 0 Å². The van der Waals surface area contributed by atoms with Gasteiger partial charge in [0.15, 0.2) is 0 Å². The van der Waals surface area contributed by atoms with E-state index < -0.39 is 7.60 Å². The molecule has 1 N–H and O–H groups in total. The predicted molar refractivity (Wildman–Crippen MR) is 68.4 cm³/mol. The van der Waals surface area contributed by atoms with Crippen LogP contribution >= 0.6 is 31.6 Å². The van der Waals surface area contributed by atoms with Gasteiger partial charge in [0.25, 0.3) is 0 Å². The van der Waals surface area contributed by atoms with Crippen LogP contribution in [0.5, 0.6) is 0 Å². The zero-order chi connectivity index (χ0) is 11.9. The van der Waals surface area contributed by atoms with Crippen molar-refractivity contribution in [2.75, 3.05) is 39.2 Å². The second-order valence-electron chi connectivity index (χ2n) is 4.49. The average molecular weight is 294 g/mol. The molecule has 0 saturated carbocycles. The molecule has 1 aliphatic heterocycles. The van der Waals surface area contributed by atoms with Crippen molar-refractivity contribution in [2.45, 2.75) is 19.3 Å². The summed E-state index contributed by atoms with van der Waals surface area (Å²) in [5.74, 6) is -0.0444. The minimum atomic E-state index is -4.05. The standard InChI is InChI=1S/C7H16N.C2H6ClO3P.ClH/c1-8(2)6-4-3-5-7-8;3-1-2-7(4,5)6;/h3-7H2,1-2H3;1-2H2,(H2,4,5,6);1H/q+1;;/p-1. The van der Waals surface area contributed by atoms with Gasteiger partial charge in [-0.15, -0.1) is 24.0 Å². The van der Waals surface area contributed by atoms with Crippen LogP contribution in [0.25, 0.3) is 0 Å². The highest BCUT2D eigenvalue weighted by atomic mass is 35.5. The lowest BCUT2D eigenvalue weighted by atomic mass is 10.1. The second-order valence-corrected chi connectivity index (χ2v) is 6.59. The summed E-state index contributed by atoms with van der Waals surface area (Å²) in [6, 6.07) is 0. The number of quaternary nitrogens is 1. The van der Waals surface area contributed by atoms with Gasteiger partial charge in [-0.25, -0.2) is 0 Å². The Hall–Kier alpha value is 0.690. The van der Waals surface area contributed by atoms with Gasteiger partial charge in [-0.3, -0.25) is 0 Å². The van der Waals surface area contributed by atoms with Crippen molar-refractivity contribution in [1.82, 2.24) is 0 Å². The van der Waals surface area contributed by atoms with E-state index in [0.717, 1.165) is 0 Å². The number of halogens is 2. The normalized spacial score (nSPS) is 22.1. The molecule has 0 radical (unpaired) electrons. The molecule has 7 heteroatoms. The highest BCUT2D eigenvalue weighted by Gasteiger charge is 2.17. The molecule has 1 unspecified atom stereocenters. The van der Waals surface area contributed by atoms with E-state index in [1.807, 2.05) is 0 Å². The third-order valence-electron chi connectivity index (χ3n) is 2.39. The molecule has 1 heterocycles. The lowest BCUT2D eigenvalue weighted by Gasteiger charge is -2.33. The zero-order valence-electron chi connectivity index (χ0n) is 9.89. The van der Waals surface area contributed by atoms with Crippen LogP contribution in [0, 0.1) is 0 Å². The number of nitrogens with zero attached hydrogens (tertiary/aromatic N) is 1. The van der Waals surface area contributed by atoms with Crippen LogP contribution in [0.3, 0.4) is 0 Å². The Labute approximate surface area is 109 Å². The molecule has 16 heavy (non-hydrogen) atoms. The van der Waals surface area contributed by atoms with Gasteiger partial charge in [0.1, 0.15) is 7.60 Å². The molecule has 1 atom stereocenters. The van der Waals surface area contributed by atoms with Gasteiger partial charge in [-0.1, -0.05) is 0 Å². The first-order chi connectivity index (χ1) is 6.77. The molecule has 0 spiro atoms. The van der Waals surface area contributed by atoms with Crippen LogP contribution in [-0.2, 0) is 4.57 Å². The molecule has 1 aliphatic rings. The fourth-order valence-electron chi connectivity index (χ4n) is 1.48. The maximum absolute atomic E-state index is 9.73. The Kier molecular flexibility index (Phi) is 10.4. The maximum Gasteiger partial charge on any atom is 0.133 e. The van der Waals surface area contributed by atoms with Gasteiger partial charge in [0, 0.05) is 12.0 Å². The van der Waals surface area contributed by atoms with Gasteiger partial charge in [-0.2, -0.15) is 0 Å². The number of hydrogen-bond donors (Lipinski definition) is 1. The van der Waals surface area contributed by atoms with E-state index in [9.17, 15) is 9.46 Å². The van der Waals surface area contributed by atoms with Crippen LogP contribution < -0.4 is 4.89 Å². The Morgan fingerprint density at radius 2 is 1.75 bits per heavy atom. The monoisotopic (exact) mass is 293 g/mol. The highest BCUT2D eigenvalue weighted by molar-refractivity contribution is 7.50. The molecule has 100 valence electrons. The first-order valence-corrected chi connectivity index (χ1v) is 7.47. The summed E-state index contributed by atoms with van der Waals surface area (Å²) < 4.78 is 11.0. The Morgan fingerprint density at radius 1 is 1.31 bits per heavy atom. The first kappa shape index (κ1) is 19.0. The van der Waals surface area contributed by atoms with Crippen LogP contribution in [0.2, 0.25) is 0 Å². The lowest BCUT2D eigenvalue weighted by Crippen LogP contribution is -2.43. The molecule has 0 amide bonds. The van der Waals surface area contributed by atoms with E-state index in [-0.39, 0.29) is 24.4 Å². The minimum Gasteiger partial charge on any atom is -0.779 e. The van der Waals surface area contributed by atoms with E-state index >= 15 is 0 Å². The third-order valence-corrected chi connectivity index (χ3v) is 3.64. The number of likely N-dealkylation sites (tertiary alicyclic amines) is 1.